The number of hydrogen-bond acceptors (Lipinski definition) is 2. The van der Waals surface area contributed by atoms with Gasteiger partial charge in [-0.2, -0.15) is 12.6 Å². The van der Waals surface area contributed by atoms with Gasteiger partial charge in [-0.05, 0) is 6.54 Å². The van der Waals surface area contributed by atoms with Gasteiger partial charge >= 0.3 is 0 Å². The van der Waals surface area contributed by atoms with Gasteiger partial charge in [-0.1, -0.05) is 6.32 Å². The van der Waals surface area contributed by atoms with Crippen LogP contribution in [0.2, 0.25) is 6.32 Å². The maximum absolute atomic E-state index is 4.03. The van der Waals surface area contributed by atoms with E-state index in [2.05, 4.69) is 25.8 Å². The SMILES string of the molecule is BCCNCCS. The first-order valence-electron chi connectivity index (χ1n) is 2.73. The number of hydrogen-bond donors (Lipinski definition) is 2. The molecular weight excluding hydrogens is 105 g/mol. The van der Waals surface area contributed by atoms with Crippen LogP contribution in [0.15, 0.2) is 0 Å². The summed E-state index contributed by atoms with van der Waals surface area (Å²) in [7, 11) is 2.16. The second kappa shape index (κ2) is 6.37. The largest absolute Gasteiger partial charge is 0.317 e. The van der Waals surface area contributed by atoms with Gasteiger partial charge in [0.2, 0.25) is 0 Å². The van der Waals surface area contributed by atoms with Crippen LogP contribution >= 0.6 is 12.6 Å². The fraction of sp³-hybridized carbons (Fsp3) is 1.00. The molecule has 0 unspecified atom stereocenters. The molecule has 0 aromatic carbocycles. The molecule has 0 aliphatic heterocycles. The average Bonchev–Trinajstić information content (AvgIpc) is 1.69. The molecule has 0 rings (SSSR count). The first-order valence-corrected chi connectivity index (χ1v) is 3.36. The first kappa shape index (κ1) is 7.37. The van der Waals surface area contributed by atoms with E-state index >= 15 is 0 Å². The van der Waals surface area contributed by atoms with Gasteiger partial charge in [0.1, 0.15) is 7.85 Å². The van der Waals surface area contributed by atoms with E-state index in [1.807, 2.05) is 0 Å². The van der Waals surface area contributed by atoms with E-state index in [0.717, 1.165) is 18.8 Å². The van der Waals surface area contributed by atoms with Crippen LogP contribution in [-0.2, 0) is 0 Å². The molecule has 0 bridgehead atoms. The van der Waals surface area contributed by atoms with Crippen molar-refractivity contribution in [2.45, 2.75) is 6.32 Å². The molecule has 0 spiro atoms. The third kappa shape index (κ3) is 6.37. The minimum atomic E-state index is 0.944. The molecule has 0 aromatic rings. The summed E-state index contributed by atoms with van der Waals surface area (Å²) in [6, 6.07) is 0. The highest BCUT2D eigenvalue weighted by molar-refractivity contribution is 7.80. The third-order valence-electron chi connectivity index (χ3n) is 0.715. The highest BCUT2D eigenvalue weighted by atomic mass is 32.1. The molecule has 0 amide bonds. The van der Waals surface area contributed by atoms with E-state index in [0.29, 0.717) is 0 Å². The molecule has 42 valence electrons. The van der Waals surface area contributed by atoms with E-state index in [9.17, 15) is 0 Å². The summed E-state index contributed by atoms with van der Waals surface area (Å²) in [4.78, 5) is 0. The van der Waals surface area contributed by atoms with E-state index in [1.165, 1.54) is 6.32 Å². The average molecular weight is 117 g/mol. The Morgan fingerprint density at radius 2 is 2.14 bits per heavy atom. The van der Waals surface area contributed by atoms with Gasteiger partial charge in [-0.3, -0.25) is 0 Å². The summed E-state index contributed by atoms with van der Waals surface area (Å²) in [6.07, 6.45) is 1.22. The van der Waals surface area contributed by atoms with Crippen molar-refractivity contribution < 1.29 is 0 Å². The molecule has 0 aliphatic carbocycles. The van der Waals surface area contributed by atoms with Crippen LogP contribution in [0.25, 0.3) is 0 Å². The molecule has 1 nitrogen and oxygen atoms in total. The summed E-state index contributed by atoms with van der Waals surface area (Å²) < 4.78 is 0. The lowest BCUT2D eigenvalue weighted by Gasteiger charge is -1.95. The Balaban J connectivity index is 2.45. The van der Waals surface area contributed by atoms with Crippen molar-refractivity contribution in [2.24, 2.45) is 0 Å². The lowest BCUT2D eigenvalue weighted by atomic mass is 10.1. The smallest absolute Gasteiger partial charge is 0.102 e. The van der Waals surface area contributed by atoms with Crippen LogP contribution in [0.3, 0.4) is 0 Å². The zero-order chi connectivity index (χ0) is 5.54. The molecule has 0 heterocycles. The summed E-state index contributed by atoms with van der Waals surface area (Å²) >= 11 is 4.03. The second-order valence-corrected chi connectivity index (χ2v) is 1.92. The summed E-state index contributed by atoms with van der Waals surface area (Å²) in [6.45, 7) is 2.16. The second-order valence-electron chi connectivity index (χ2n) is 1.47. The first-order chi connectivity index (χ1) is 3.41. The molecular formula is C4H12BNS. The van der Waals surface area contributed by atoms with Crippen molar-refractivity contribution in [3.05, 3.63) is 0 Å². The molecule has 7 heavy (non-hydrogen) atoms. The van der Waals surface area contributed by atoms with Gasteiger partial charge in [0.05, 0.1) is 0 Å². The van der Waals surface area contributed by atoms with Gasteiger partial charge in [-0.25, -0.2) is 0 Å². The molecule has 0 saturated heterocycles. The Kier molecular flexibility index (Phi) is 6.72. The Labute approximate surface area is 51.7 Å². The zero-order valence-corrected chi connectivity index (χ0v) is 5.67. The lowest BCUT2D eigenvalue weighted by molar-refractivity contribution is 0.769. The van der Waals surface area contributed by atoms with Crippen molar-refractivity contribution in [2.75, 3.05) is 18.8 Å². The van der Waals surface area contributed by atoms with Crippen molar-refractivity contribution in [1.82, 2.24) is 5.32 Å². The molecule has 0 saturated carbocycles. The number of rotatable bonds is 4. The van der Waals surface area contributed by atoms with Crippen molar-refractivity contribution in [3.8, 4) is 0 Å². The molecule has 0 fully saturated rings. The number of nitrogens with one attached hydrogen (secondary N) is 1. The topological polar surface area (TPSA) is 12.0 Å². The Bertz CT molecular complexity index is 30.9. The minimum absolute atomic E-state index is 0.944. The Hall–Kier alpha value is 0.375. The van der Waals surface area contributed by atoms with Crippen molar-refractivity contribution in [1.29, 1.82) is 0 Å². The predicted molar refractivity (Wildman–Crippen MR) is 40.1 cm³/mol. The van der Waals surface area contributed by atoms with Gasteiger partial charge in [0, 0.05) is 12.3 Å². The maximum atomic E-state index is 4.03. The summed E-state index contributed by atoms with van der Waals surface area (Å²) in [5.41, 5.74) is 0. The van der Waals surface area contributed by atoms with E-state index in [1.54, 1.807) is 0 Å². The van der Waals surface area contributed by atoms with Crippen LogP contribution in [0, 0.1) is 0 Å². The number of thiol groups is 1. The predicted octanol–water partition coefficient (Wildman–Crippen LogP) is -0.443. The van der Waals surface area contributed by atoms with Gasteiger partial charge in [-0.15, -0.1) is 0 Å². The fourth-order valence-electron chi connectivity index (χ4n) is 0.381. The monoisotopic (exact) mass is 117 g/mol. The van der Waals surface area contributed by atoms with Crippen molar-refractivity contribution in [3.63, 3.8) is 0 Å². The third-order valence-corrected chi connectivity index (χ3v) is 0.939. The molecule has 0 atom stereocenters. The molecule has 3 heteroatoms. The molecule has 0 aliphatic rings. The quantitative estimate of drug-likeness (QED) is 0.289. The van der Waals surface area contributed by atoms with Crippen molar-refractivity contribution >= 4 is 20.5 Å². The molecule has 0 radical (unpaired) electrons. The summed E-state index contributed by atoms with van der Waals surface area (Å²) in [5.74, 6) is 0.944. The van der Waals surface area contributed by atoms with Crippen LogP contribution in [0.5, 0.6) is 0 Å². The van der Waals surface area contributed by atoms with Crippen LogP contribution in [0.1, 0.15) is 0 Å². The summed E-state index contributed by atoms with van der Waals surface area (Å²) in [5, 5.41) is 3.21. The van der Waals surface area contributed by atoms with Crippen LogP contribution < -0.4 is 5.32 Å². The van der Waals surface area contributed by atoms with E-state index < -0.39 is 0 Å². The fourth-order valence-corrected chi connectivity index (χ4v) is 0.539. The van der Waals surface area contributed by atoms with Crippen LogP contribution in [-0.4, -0.2) is 26.7 Å². The van der Waals surface area contributed by atoms with Gasteiger partial charge in [0.25, 0.3) is 0 Å². The normalized spacial score (nSPS) is 9.29. The highest BCUT2D eigenvalue weighted by Gasteiger charge is 1.77. The van der Waals surface area contributed by atoms with E-state index in [-0.39, 0.29) is 0 Å². The van der Waals surface area contributed by atoms with Gasteiger partial charge < -0.3 is 5.32 Å². The zero-order valence-electron chi connectivity index (χ0n) is 4.78. The minimum Gasteiger partial charge on any atom is -0.317 e. The van der Waals surface area contributed by atoms with Gasteiger partial charge in [0.15, 0.2) is 0 Å². The molecule has 1 N–H and O–H groups in total. The standard InChI is InChI=1S/C4H12BNS/c5-1-2-6-3-4-7/h6-7H,1-5H2. The molecule has 0 aromatic heterocycles. The Morgan fingerprint density at radius 1 is 1.43 bits per heavy atom. The van der Waals surface area contributed by atoms with Crippen LogP contribution in [0.4, 0.5) is 0 Å². The Morgan fingerprint density at radius 3 is 2.57 bits per heavy atom. The highest BCUT2D eigenvalue weighted by Crippen LogP contribution is 1.69. The lowest BCUT2D eigenvalue weighted by Crippen LogP contribution is -2.16. The maximum Gasteiger partial charge on any atom is 0.102 e. The van der Waals surface area contributed by atoms with E-state index in [4.69, 9.17) is 0 Å².